The van der Waals surface area contributed by atoms with E-state index in [9.17, 15) is 4.79 Å². The summed E-state index contributed by atoms with van der Waals surface area (Å²) in [5, 5.41) is 16.2. The van der Waals surface area contributed by atoms with E-state index in [1.165, 1.54) is 0 Å². The van der Waals surface area contributed by atoms with Crippen LogP contribution in [0.3, 0.4) is 0 Å². The molecule has 3 aromatic carbocycles. The molecule has 0 saturated carbocycles. The maximum absolute atomic E-state index is 12.0. The standard InChI is InChI=1S/C31H30Cl2N8O4/c1-4-41(5-2)24-14-10-20(26(16-24)44-18-21-7-11-22(32)15-25(21)33)17-34-38-28-27(36-29-30(37-28)40-45-39-29)35-23-12-8-19(9-13-23)31(42)43-6-3/h7-17H,4-6,18H2,1-3H3,(H,35,36,39)(H,37,38,40)/b34-17+. The molecule has 14 heteroatoms. The zero-order valence-corrected chi connectivity index (χ0v) is 26.3. The van der Waals surface area contributed by atoms with Crippen LogP contribution in [0.15, 0.2) is 70.4 Å². The van der Waals surface area contributed by atoms with Gasteiger partial charge in [0, 0.05) is 51.7 Å². The number of aromatic nitrogens is 4. The van der Waals surface area contributed by atoms with Gasteiger partial charge in [0.05, 0.1) is 18.4 Å². The summed E-state index contributed by atoms with van der Waals surface area (Å²) in [4.78, 5) is 23.2. The van der Waals surface area contributed by atoms with Crippen LogP contribution in [0.4, 0.5) is 23.0 Å². The Kier molecular flexibility index (Phi) is 10.3. The normalized spacial score (nSPS) is 11.1. The molecule has 0 fully saturated rings. The Morgan fingerprint density at radius 2 is 1.69 bits per heavy atom. The van der Waals surface area contributed by atoms with Gasteiger partial charge in [0.2, 0.25) is 11.3 Å². The number of nitrogens with zero attached hydrogens (tertiary/aromatic N) is 6. The first-order valence-electron chi connectivity index (χ1n) is 14.2. The summed E-state index contributed by atoms with van der Waals surface area (Å²) in [5.74, 6) is 0.780. The van der Waals surface area contributed by atoms with Crippen molar-refractivity contribution in [2.45, 2.75) is 27.4 Å². The van der Waals surface area contributed by atoms with Crippen LogP contribution in [-0.4, -0.2) is 52.2 Å². The van der Waals surface area contributed by atoms with Gasteiger partial charge in [-0.15, -0.1) is 0 Å². The smallest absolute Gasteiger partial charge is 0.338 e. The molecular weight excluding hydrogens is 619 g/mol. The molecule has 2 N–H and O–H groups in total. The lowest BCUT2D eigenvalue weighted by Crippen LogP contribution is -2.21. The number of halogens is 2. The molecule has 2 heterocycles. The van der Waals surface area contributed by atoms with Crippen molar-refractivity contribution in [2.75, 3.05) is 35.3 Å². The molecule has 0 amide bonds. The Hall–Kier alpha value is -4.94. The molecule has 0 unspecified atom stereocenters. The molecule has 5 rings (SSSR count). The lowest BCUT2D eigenvalue weighted by Gasteiger charge is -2.22. The third-order valence-electron chi connectivity index (χ3n) is 6.67. The molecule has 0 aliphatic heterocycles. The summed E-state index contributed by atoms with van der Waals surface area (Å²) in [6, 6.07) is 17.9. The number of anilines is 4. The van der Waals surface area contributed by atoms with E-state index in [-0.39, 0.29) is 23.7 Å². The molecule has 12 nitrogen and oxygen atoms in total. The van der Waals surface area contributed by atoms with Gasteiger partial charge in [0.1, 0.15) is 12.4 Å². The van der Waals surface area contributed by atoms with Crippen LogP contribution in [0.25, 0.3) is 11.3 Å². The fourth-order valence-electron chi connectivity index (χ4n) is 4.34. The van der Waals surface area contributed by atoms with Gasteiger partial charge in [0.15, 0.2) is 11.6 Å². The largest absolute Gasteiger partial charge is 0.488 e. The quantitative estimate of drug-likeness (QED) is 0.0766. The lowest BCUT2D eigenvalue weighted by molar-refractivity contribution is 0.0526. The van der Waals surface area contributed by atoms with Crippen molar-refractivity contribution in [1.82, 2.24) is 20.3 Å². The molecule has 5 aromatic rings. The summed E-state index contributed by atoms with van der Waals surface area (Å²) in [5.41, 5.74) is 6.93. The van der Waals surface area contributed by atoms with Crippen LogP contribution in [0.1, 0.15) is 42.3 Å². The Bertz CT molecular complexity index is 1810. The van der Waals surface area contributed by atoms with Crippen molar-refractivity contribution in [3.63, 3.8) is 0 Å². The highest BCUT2D eigenvalue weighted by molar-refractivity contribution is 6.35. The molecule has 0 atom stereocenters. The van der Waals surface area contributed by atoms with E-state index >= 15 is 0 Å². The maximum atomic E-state index is 12.0. The molecule has 0 saturated heterocycles. The van der Waals surface area contributed by atoms with E-state index in [0.717, 1.165) is 24.3 Å². The molecule has 0 radical (unpaired) electrons. The number of carbonyl (C=O) groups is 1. The van der Waals surface area contributed by atoms with Crippen molar-refractivity contribution in [3.8, 4) is 5.75 Å². The first-order valence-corrected chi connectivity index (χ1v) is 14.9. The molecule has 0 bridgehead atoms. The van der Waals surface area contributed by atoms with Gasteiger partial charge >= 0.3 is 5.97 Å². The molecular formula is C31H30Cl2N8O4. The van der Waals surface area contributed by atoms with Gasteiger partial charge < -0.3 is 19.7 Å². The van der Waals surface area contributed by atoms with Gasteiger partial charge in [-0.3, -0.25) is 5.43 Å². The number of nitrogens with one attached hydrogen (secondary N) is 2. The average molecular weight is 650 g/mol. The van der Waals surface area contributed by atoms with Gasteiger partial charge in [-0.05, 0) is 79.6 Å². The molecule has 0 spiro atoms. The Morgan fingerprint density at radius 3 is 2.38 bits per heavy atom. The fraction of sp³-hybridized carbons (Fsp3) is 0.226. The minimum Gasteiger partial charge on any atom is -0.488 e. The van der Waals surface area contributed by atoms with Crippen LogP contribution < -0.4 is 20.4 Å². The Labute approximate surface area is 269 Å². The highest BCUT2D eigenvalue weighted by atomic mass is 35.5. The topological polar surface area (TPSA) is 140 Å². The fourth-order valence-corrected chi connectivity index (χ4v) is 4.80. The zero-order valence-electron chi connectivity index (χ0n) is 24.8. The SMILES string of the molecule is CCOC(=O)c1ccc(Nc2nc3nonc3nc2N/N=C/c2ccc(N(CC)CC)cc2OCc2ccc(Cl)cc2Cl)cc1. The molecule has 45 heavy (non-hydrogen) atoms. The predicted octanol–water partition coefficient (Wildman–Crippen LogP) is 7.11. The summed E-state index contributed by atoms with van der Waals surface area (Å²) in [6.45, 7) is 8.15. The van der Waals surface area contributed by atoms with Crippen LogP contribution in [0.2, 0.25) is 10.0 Å². The first kappa shape index (κ1) is 31.5. The second-order valence-electron chi connectivity index (χ2n) is 9.54. The number of hydrazone groups is 1. The second kappa shape index (κ2) is 14.7. The van der Waals surface area contributed by atoms with E-state index in [1.807, 2.05) is 24.3 Å². The van der Waals surface area contributed by atoms with E-state index in [4.69, 9.17) is 37.3 Å². The summed E-state index contributed by atoms with van der Waals surface area (Å²) >= 11 is 12.5. The highest BCUT2D eigenvalue weighted by Crippen LogP contribution is 2.29. The zero-order chi connectivity index (χ0) is 31.8. The van der Waals surface area contributed by atoms with Crippen molar-refractivity contribution < 1.29 is 18.9 Å². The molecule has 2 aromatic heterocycles. The van der Waals surface area contributed by atoms with Crippen molar-refractivity contribution in [1.29, 1.82) is 0 Å². The second-order valence-corrected chi connectivity index (χ2v) is 10.4. The van der Waals surface area contributed by atoms with E-state index < -0.39 is 5.97 Å². The Morgan fingerprint density at radius 1 is 0.956 bits per heavy atom. The number of carbonyl (C=O) groups excluding carboxylic acids is 1. The number of hydrogen-bond acceptors (Lipinski definition) is 12. The van der Waals surface area contributed by atoms with Crippen LogP contribution >= 0.6 is 23.2 Å². The number of esters is 1. The average Bonchev–Trinajstić information content (AvgIpc) is 3.50. The van der Waals surface area contributed by atoms with Gasteiger partial charge in [-0.2, -0.15) is 10.1 Å². The van der Waals surface area contributed by atoms with Gasteiger partial charge in [0.25, 0.3) is 0 Å². The van der Waals surface area contributed by atoms with Crippen LogP contribution in [0, 0.1) is 0 Å². The third-order valence-corrected chi connectivity index (χ3v) is 7.26. The van der Waals surface area contributed by atoms with Crippen molar-refractivity contribution in [3.05, 3.63) is 87.4 Å². The van der Waals surface area contributed by atoms with Crippen LogP contribution in [0.5, 0.6) is 5.75 Å². The number of hydrogen-bond donors (Lipinski definition) is 2. The minimum atomic E-state index is -0.402. The lowest BCUT2D eigenvalue weighted by atomic mass is 10.1. The molecule has 0 aliphatic rings. The van der Waals surface area contributed by atoms with Crippen LogP contribution in [-0.2, 0) is 11.3 Å². The first-order chi connectivity index (χ1) is 21.9. The minimum absolute atomic E-state index is 0.198. The van der Waals surface area contributed by atoms with Gasteiger partial charge in [-0.25, -0.2) is 14.4 Å². The van der Waals surface area contributed by atoms with E-state index in [0.29, 0.717) is 45.0 Å². The summed E-state index contributed by atoms with van der Waals surface area (Å²) in [7, 11) is 0. The van der Waals surface area contributed by atoms with Gasteiger partial charge in [-0.1, -0.05) is 29.3 Å². The third kappa shape index (κ3) is 7.78. The molecule has 232 valence electrons. The van der Waals surface area contributed by atoms with E-state index in [2.05, 4.69) is 54.9 Å². The maximum Gasteiger partial charge on any atom is 0.338 e. The summed E-state index contributed by atoms with van der Waals surface area (Å²) in [6.07, 6.45) is 1.62. The highest BCUT2D eigenvalue weighted by Gasteiger charge is 2.15. The number of fused-ring (bicyclic) bond motifs is 1. The number of ether oxygens (including phenoxy) is 2. The predicted molar refractivity (Wildman–Crippen MR) is 175 cm³/mol. The molecule has 0 aliphatic carbocycles. The Balaban J connectivity index is 1.39. The monoisotopic (exact) mass is 648 g/mol. The van der Waals surface area contributed by atoms with E-state index in [1.54, 1.807) is 49.5 Å². The van der Waals surface area contributed by atoms with Crippen molar-refractivity contribution >= 4 is 69.7 Å². The van der Waals surface area contributed by atoms with Crippen molar-refractivity contribution in [2.24, 2.45) is 5.10 Å². The number of benzene rings is 3. The number of rotatable bonds is 13. The summed E-state index contributed by atoms with van der Waals surface area (Å²) < 4.78 is 16.1.